The van der Waals surface area contributed by atoms with Crippen LogP contribution in [0.15, 0.2) is 30.3 Å². The minimum atomic E-state index is -0.243. The van der Waals surface area contributed by atoms with E-state index in [1.165, 1.54) is 56.9 Å². The number of rotatable bonds is 5. The summed E-state index contributed by atoms with van der Waals surface area (Å²) in [5.74, 6) is 3.98. The Labute approximate surface area is 241 Å². The van der Waals surface area contributed by atoms with Crippen molar-refractivity contribution in [1.29, 1.82) is 0 Å². The molecule has 9 aliphatic carbocycles. The summed E-state index contributed by atoms with van der Waals surface area (Å²) in [5, 5.41) is 0. The van der Waals surface area contributed by atoms with Gasteiger partial charge in [-0.3, -0.25) is 9.59 Å². The van der Waals surface area contributed by atoms with Crippen molar-refractivity contribution in [3.63, 3.8) is 0 Å². The molecule has 0 aliphatic heterocycles. The third-order valence-electron chi connectivity index (χ3n) is 14.2. The second kappa shape index (κ2) is 8.83. The Morgan fingerprint density at radius 1 is 0.725 bits per heavy atom. The quantitative estimate of drug-likeness (QED) is 0.361. The topological polar surface area (TPSA) is 46.6 Å². The molecule has 9 aliphatic rings. The fourth-order valence-corrected chi connectivity index (χ4v) is 13.5. The van der Waals surface area contributed by atoms with E-state index in [1.54, 1.807) is 7.11 Å². The van der Waals surface area contributed by atoms with Gasteiger partial charge in [-0.25, -0.2) is 0 Å². The monoisotopic (exact) mass is 543 g/mol. The van der Waals surface area contributed by atoms with Crippen LogP contribution in [0.25, 0.3) is 0 Å². The van der Waals surface area contributed by atoms with Crippen LogP contribution >= 0.6 is 0 Å². The summed E-state index contributed by atoms with van der Waals surface area (Å²) >= 11 is 0. The summed E-state index contributed by atoms with van der Waals surface area (Å²) in [7, 11) is 3.76. The van der Waals surface area contributed by atoms with Gasteiger partial charge in [-0.1, -0.05) is 30.3 Å². The molecule has 8 bridgehead atoms. The van der Waals surface area contributed by atoms with Gasteiger partial charge in [0.2, 0.25) is 5.91 Å². The summed E-state index contributed by atoms with van der Waals surface area (Å²) in [6, 6.07) is 11.4. The number of amides is 1. The lowest BCUT2D eigenvalue weighted by Crippen LogP contribution is -2.67. The minimum Gasteiger partial charge on any atom is -0.469 e. The first-order chi connectivity index (χ1) is 19.3. The van der Waals surface area contributed by atoms with Crippen LogP contribution in [-0.2, 0) is 14.3 Å². The highest BCUT2D eigenvalue weighted by molar-refractivity contribution is 5.83. The molecule has 0 radical (unpaired) electrons. The maximum Gasteiger partial charge on any atom is 0.311 e. The van der Waals surface area contributed by atoms with Gasteiger partial charge >= 0.3 is 5.97 Å². The largest absolute Gasteiger partial charge is 0.469 e. The van der Waals surface area contributed by atoms with E-state index in [4.69, 9.17) is 4.74 Å². The third-order valence-corrected chi connectivity index (χ3v) is 14.2. The van der Waals surface area contributed by atoms with Crippen LogP contribution in [0.5, 0.6) is 0 Å². The fourth-order valence-electron chi connectivity index (χ4n) is 13.5. The molecule has 4 heteroatoms. The van der Waals surface area contributed by atoms with Crippen LogP contribution in [-0.4, -0.2) is 37.0 Å². The predicted molar refractivity (Wildman–Crippen MR) is 155 cm³/mol. The van der Waals surface area contributed by atoms with E-state index in [2.05, 4.69) is 42.3 Å². The van der Waals surface area contributed by atoms with E-state index in [9.17, 15) is 9.59 Å². The molecular formula is C36H49NO3. The molecule has 0 saturated heterocycles. The summed E-state index contributed by atoms with van der Waals surface area (Å²) in [6.07, 6.45) is 19.1. The second-order valence-corrected chi connectivity index (χ2v) is 16.4. The lowest BCUT2D eigenvalue weighted by atomic mass is 9.31. The average molecular weight is 544 g/mol. The molecule has 0 heterocycles. The van der Waals surface area contributed by atoms with E-state index in [-0.39, 0.29) is 27.6 Å². The van der Waals surface area contributed by atoms with E-state index in [0.29, 0.717) is 41.5 Å². The highest BCUT2D eigenvalue weighted by Crippen LogP contribution is 2.78. The van der Waals surface area contributed by atoms with Gasteiger partial charge in [0.05, 0.1) is 17.9 Å². The number of carbonyl (C=O) groups excluding carboxylic acids is 2. The van der Waals surface area contributed by atoms with Gasteiger partial charge in [0.15, 0.2) is 0 Å². The molecule has 10 rings (SSSR count). The van der Waals surface area contributed by atoms with E-state index in [0.717, 1.165) is 51.4 Å². The van der Waals surface area contributed by atoms with Gasteiger partial charge in [-0.15, -0.1) is 0 Å². The van der Waals surface area contributed by atoms with Crippen LogP contribution in [0.4, 0.5) is 0 Å². The number of methoxy groups -OCH3 is 1. The molecule has 9 saturated carbocycles. The molecule has 4 unspecified atom stereocenters. The van der Waals surface area contributed by atoms with Crippen molar-refractivity contribution in [3.8, 4) is 0 Å². The molecule has 0 N–H and O–H groups in total. The summed E-state index contributed by atoms with van der Waals surface area (Å²) in [5.41, 5.74) is 1.58. The van der Waals surface area contributed by atoms with E-state index in [1.807, 2.05) is 0 Å². The number of hydrogen-bond donors (Lipinski definition) is 0. The number of hydrogen-bond acceptors (Lipinski definition) is 3. The molecule has 0 spiro atoms. The molecule has 9 fully saturated rings. The smallest absolute Gasteiger partial charge is 0.311 e. The zero-order valence-electron chi connectivity index (χ0n) is 24.8. The van der Waals surface area contributed by atoms with Crippen LogP contribution in [0, 0.1) is 45.3 Å². The lowest BCUT2D eigenvalue weighted by Gasteiger charge is -2.73. The Morgan fingerprint density at radius 3 is 1.75 bits per heavy atom. The SMILES string of the molecule is COC(=O)C12CC3CC(C1)CC(C14CC5CC(CC(C(=O)N(C)C6CCC(c7ccccc7)CC6)(C5)C1)C4)(C3)C2. The third kappa shape index (κ3) is 3.62. The maximum absolute atomic E-state index is 14.7. The van der Waals surface area contributed by atoms with E-state index >= 15 is 0 Å². The Bertz CT molecular complexity index is 1150. The van der Waals surface area contributed by atoms with Crippen LogP contribution in [0.2, 0.25) is 0 Å². The zero-order chi connectivity index (χ0) is 27.3. The minimum absolute atomic E-state index is 0.0762. The molecule has 1 amide bonds. The van der Waals surface area contributed by atoms with Crippen molar-refractivity contribution in [2.24, 2.45) is 45.3 Å². The van der Waals surface area contributed by atoms with Crippen molar-refractivity contribution in [2.75, 3.05) is 14.2 Å². The summed E-state index contributed by atoms with van der Waals surface area (Å²) in [6.45, 7) is 0. The molecule has 1 aromatic carbocycles. The normalized spacial score (nSPS) is 48.2. The highest BCUT2D eigenvalue weighted by atomic mass is 16.5. The van der Waals surface area contributed by atoms with Crippen LogP contribution in [0.3, 0.4) is 0 Å². The first-order valence-electron chi connectivity index (χ1n) is 16.7. The van der Waals surface area contributed by atoms with Crippen molar-refractivity contribution in [1.82, 2.24) is 4.90 Å². The Hall–Kier alpha value is -1.84. The first-order valence-corrected chi connectivity index (χ1v) is 16.7. The summed E-state index contributed by atoms with van der Waals surface area (Å²) < 4.78 is 5.49. The van der Waals surface area contributed by atoms with Gasteiger partial charge < -0.3 is 9.64 Å². The van der Waals surface area contributed by atoms with Crippen molar-refractivity contribution in [2.45, 2.75) is 115 Å². The molecule has 1 aromatic rings. The van der Waals surface area contributed by atoms with Crippen molar-refractivity contribution < 1.29 is 14.3 Å². The maximum atomic E-state index is 14.7. The Balaban J connectivity index is 1.05. The van der Waals surface area contributed by atoms with Gasteiger partial charge in [0.1, 0.15) is 0 Å². The molecule has 4 nitrogen and oxygen atoms in total. The number of carbonyl (C=O) groups is 2. The molecule has 216 valence electrons. The highest BCUT2D eigenvalue weighted by Gasteiger charge is 2.72. The zero-order valence-corrected chi connectivity index (χ0v) is 24.8. The molecule has 40 heavy (non-hydrogen) atoms. The van der Waals surface area contributed by atoms with Crippen molar-refractivity contribution in [3.05, 3.63) is 35.9 Å². The Morgan fingerprint density at radius 2 is 1.23 bits per heavy atom. The van der Waals surface area contributed by atoms with Crippen molar-refractivity contribution >= 4 is 11.9 Å². The van der Waals surface area contributed by atoms with Crippen LogP contribution < -0.4 is 0 Å². The number of nitrogens with zero attached hydrogens (tertiary/aromatic N) is 1. The molecule has 0 aromatic heterocycles. The lowest BCUT2D eigenvalue weighted by molar-refractivity contribution is -0.241. The Kier molecular flexibility index (Phi) is 5.71. The molecule has 4 atom stereocenters. The first kappa shape index (κ1) is 25.8. The standard InChI is InChI=1S/C36H49NO3/c1-37(30-10-8-29(9-11-30)28-6-4-3-5-7-28)31(38)33-14-24-12-25(15-33)19-35(18-24,22-33)36-20-26-13-27(21-36)17-34(16-26,23-36)32(39)40-2/h3-7,24-27,29-30H,8-23H2,1-2H3. The predicted octanol–water partition coefficient (Wildman–Crippen LogP) is 7.52. The second-order valence-electron chi connectivity index (χ2n) is 16.4. The number of ether oxygens (including phenoxy) is 1. The van der Waals surface area contributed by atoms with Gasteiger partial charge in [0, 0.05) is 13.1 Å². The fraction of sp³-hybridized carbons (Fsp3) is 0.778. The number of esters is 1. The number of benzene rings is 1. The van der Waals surface area contributed by atoms with Gasteiger partial charge in [-0.05, 0) is 149 Å². The van der Waals surface area contributed by atoms with E-state index < -0.39 is 0 Å². The van der Waals surface area contributed by atoms with Gasteiger partial charge in [0.25, 0.3) is 0 Å². The van der Waals surface area contributed by atoms with Gasteiger partial charge in [-0.2, -0.15) is 0 Å². The molecular weight excluding hydrogens is 494 g/mol. The summed E-state index contributed by atoms with van der Waals surface area (Å²) in [4.78, 5) is 30.2. The average Bonchev–Trinajstić information content (AvgIpc) is 2.95. The van der Waals surface area contributed by atoms with Crippen LogP contribution in [0.1, 0.15) is 114 Å².